The second kappa shape index (κ2) is 6.24. The van der Waals surface area contributed by atoms with Gasteiger partial charge in [-0.25, -0.2) is 4.98 Å². The first-order chi connectivity index (χ1) is 7.63. The van der Waals surface area contributed by atoms with Crippen molar-refractivity contribution in [3.8, 4) is 0 Å². The van der Waals surface area contributed by atoms with Crippen LogP contribution in [0.4, 0.5) is 5.82 Å². The lowest BCUT2D eigenvalue weighted by molar-refractivity contribution is 0.585. The Kier molecular flexibility index (Phi) is 5.26. The molecule has 0 fully saturated rings. The number of aryl methyl sites for hydroxylation is 1. The Morgan fingerprint density at radius 3 is 2.44 bits per heavy atom. The van der Waals surface area contributed by atoms with E-state index < -0.39 is 0 Å². The van der Waals surface area contributed by atoms with Gasteiger partial charge in [-0.2, -0.15) is 0 Å². The number of aromatic nitrogens is 1. The van der Waals surface area contributed by atoms with Gasteiger partial charge in [-0.15, -0.1) is 0 Å². The summed E-state index contributed by atoms with van der Waals surface area (Å²) in [5.41, 5.74) is 2.49. The summed E-state index contributed by atoms with van der Waals surface area (Å²) < 4.78 is 0. The molecule has 0 aliphatic carbocycles. The molecule has 0 spiro atoms. The van der Waals surface area contributed by atoms with Crippen molar-refractivity contribution < 1.29 is 0 Å². The molecular formula is C13H21BrN2. The number of anilines is 1. The Morgan fingerprint density at radius 2 is 2.00 bits per heavy atom. The first-order valence-electron chi connectivity index (χ1n) is 5.88. The topological polar surface area (TPSA) is 16.1 Å². The molecule has 0 saturated carbocycles. The molecule has 0 N–H and O–H groups in total. The molecular weight excluding hydrogens is 264 g/mol. The Hall–Kier alpha value is -0.570. The zero-order chi connectivity index (χ0) is 12.1. The maximum Gasteiger partial charge on any atom is 0.131 e. The van der Waals surface area contributed by atoms with Crippen molar-refractivity contribution in [2.24, 2.45) is 0 Å². The molecule has 1 aromatic heterocycles. The van der Waals surface area contributed by atoms with E-state index in [-0.39, 0.29) is 0 Å². The third-order valence-electron chi connectivity index (χ3n) is 3.09. The van der Waals surface area contributed by atoms with Crippen LogP contribution in [0.5, 0.6) is 0 Å². The lowest BCUT2D eigenvalue weighted by Crippen LogP contribution is -2.31. The molecule has 0 aromatic carbocycles. The molecule has 0 aliphatic rings. The van der Waals surface area contributed by atoms with E-state index >= 15 is 0 Å². The average Bonchev–Trinajstić information content (AvgIpc) is 2.30. The Morgan fingerprint density at radius 1 is 1.38 bits per heavy atom. The highest BCUT2D eigenvalue weighted by molar-refractivity contribution is 9.08. The largest absolute Gasteiger partial charge is 0.357 e. The van der Waals surface area contributed by atoms with Crippen molar-refractivity contribution in [2.75, 3.05) is 11.9 Å². The van der Waals surface area contributed by atoms with E-state index in [0.29, 0.717) is 6.04 Å². The summed E-state index contributed by atoms with van der Waals surface area (Å²) in [6, 6.07) is 2.79. The maximum atomic E-state index is 4.56. The number of hydrogen-bond acceptors (Lipinski definition) is 2. The molecule has 0 unspecified atom stereocenters. The minimum Gasteiger partial charge on any atom is -0.357 e. The van der Waals surface area contributed by atoms with Crippen LogP contribution in [0.1, 0.15) is 37.8 Å². The maximum absolute atomic E-state index is 4.56. The lowest BCUT2D eigenvalue weighted by Gasteiger charge is -2.28. The molecule has 90 valence electrons. The van der Waals surface area contributed by atoms with Crippen LogP contribution in [0, 0.1) is 6.92 Å². The standard InChI is InChI=1S/C13H21BrN2/c1-5-12(6-2)16(4)13-10(3)7-11(8-14)9-15-13/h7,9,12H,5-6,8H2,1-4H3. The van der Waals surface area contributed by atoms with Gasteiger partial charge < -0.3 is 4.90 Å². The third-order valence-corrected chi connectivity index (χ3v) is 3.73. The molecule has 0 aliphatic heterocycles. The van der Waals surface area contributed by atoms with Gasteiger partial charge in [0.15, 0.2) is 0 Å². The summed E-state index contributed by atoms with van der Waals surface area (Å²) in [6.07, 6.45) is 4.28. The smallest absolute Gasteiger partial charge is 0.131 e. The zero-order valence-corrected chi connectivity index (χ0v) is 12.2. The predicted molar refractivity (Wildman–Crippen MR) is 74.4 cm³/mol. The summed E-state index contributed by atoms with van der Waals surface area (Å²) in [5, 5.41) is 0.871. The Balaban J connectivity index is 2.95. The van der Waals surface area contributed by atoms with Crippen LogP contribution in [0.15, 0.2) is 12.3 Å². The average molecular weight is 285 g/mol. The Labute approximate surface area is 107 Å². The number of pyridine rings is 1. The summed E-state index contributed by atoms with van der Waals surface area (Å²) in [4.78, 5) is 6.86. The molecule has 3 heteroatoms. The number of halogens is 1. The van der Waals surface area contributed by atoms with E-state index in [1.54, 1.807) is 0 Å². The van der Waals surface area contributed by atoms with Gasteiger partial charge in [0.05, 0.1) is 0 Å². The molecule has 1 rings (SSSR count). The summed E-state index contributed by atoms with van der Waals surface area (Å²) >= 11 is 3.46. The van der Waals surface area contributed by atoms with Gasteiger partial charge in [-0.05, 0) is 30.9 Å². The van der Waals surface area contributed by atoms with E-state index in [0.717, 1.165) is 24.0 Å². The first kappa shape index (κ1) is 13.5. The van der Waals surface area contributed by atoms with Gasteiger partial charge in [0.25, 0.3) is 0 Å². The molecule has 0 amide bonds. The molecule has 0 radical (unpaired) electrons. The first-order valence-corrected chi connectivity index (χ1v) is 7.00. The van der Waals surface area contributed by atoms with Crippen molar-refractivity contribution in [1.82, 2.24) is 4.98 Å². The van der Waals surface area contributed by atoms with Crippen LogP contribution in [0.3, 0.4) is 0 Å². The molecule has 16 heavy (non-hydrogen) atoms. The summed E-state index contributed by atoms with van der Waals surface area (Å²) in [6.45, 7) is 6.59. The van der Waals surface area contributed by atoms with Crippen molar-refractivity contribution in [3.05, 3.63) is 23.4 Å². The van der Waals surface area contributed by atoms with Crippen LogP contribution in [0.2, 0.25) is 0 Å². The van der Waals surface area contributed by atoms with Gasteiger partial charge in [0.2, 0.25) is 0 Å². The van der Waals surface area contributed by atoms with Crippen LogP contribution < -0.4 is 4.90 Å². The number of alkyl halides is 1. The number of hydrogen-bond donors (Lipinski definition) is 0. The van der Waals surface area contributed by atoms with E-state index in [4.69, 9.17) is 0 Å². The van der Waals surface area contributed by atoms with Gasteiger partial charge in [0.1, 0.15) is 5.82 Å². The number of nitrogens with zero attached hydrogens (tertiary/aromatic N) is 2. The number of rotatable bonds is 5. The summed E-state index contributed by atoms with van der Waals surface area (Å²) in [7, 11) is 2.14. The predicted octanol–water partition coefficient (Wildman–Crippen LogP) is 3.91. The van der Waals surface area contributed by atoms with E-state index in [9.17, 15) is 0 Å². The second-order valence-electron chi connectivity index (χ2n) is 4.20. The molecule has 1 aromatic rings. The quantitative estimate of drug-likeness (QED) is 0.762. The van der Waals surface area contributed by atoms with E-state index in [1.807, 2.05) is 6.20 Å². The Bertz CT molecular complexity index is 335. The molecule has 0 atom stereocenters. The van der Waals surface area contributed by atoms with E-state index in [2.05, 4.69) is 59.7 Å². The summed E-state index contributed by atoms with van der Waals surface area (Å²) in [5.74, 6) is 1.11. The van der Waals surface area contributed by atoms with Crippen LogP contribution >= 0.6 is 15.9 Å². The van der Waals surface area contributed by atoms with E-state index in [1.165, 1.54) is 11.1 Å². The van der Waals surface area contributed by atoms with Crippen LogP contribution in [0.25, 0.3) is 0 Å². The van der Waals surface area contributed by atoms with Crippen LogP contribution in [-0.4, -0.2) is 18.1 Å². The fourth-order valence-corrected chi connectivity index (χ4v) is 2.38. The molecule has 1 heterocycles. The van der Waals surface area contributed by atoms with Gasteiger partial charge >= 0.3 is 0 Å². The second-order valence-corrected chi connectivity index (χ2v) is 4.76. The third kappa shape index (κ3) is 2.97. The van der Waals surface area contributed by atoms with Crippen molar-refractivity contribution in [1.29, 1.82) is 0 Å². The van der Waals surface area contributed by atoms with Crippen molar-refractivity contribution in [3.63, 3.8) is 0 Å². The zero-order valence-electron chi connectivity index (χ0n) is 10.6. The molecule has 0 bridgehead atoms. The normalized spacial score (nSPS) is 10.9. The fourth-order valence-electron chi connectivity index (χ4n) is 2.08. The molecule has 2 nitrogen and oxygen atoms in total. The minimum absolute atomic E-state index is 0.584. The fraction of sp³-hybridized carbons (Fsp3) is 0.615. The van der Waals surface area contributed by atoms with Gasteiger partial charge in [0, 0.05) is 24.6 Å². The monoisotopic (exact) mass is 284 g/mol. The van der Waals surface area contributed by atoms with Crippen molar-refractivity contribution in [2.45, 2.75) is 45.0 Å². The highest BCUT2D eigenvalue weighted by Crippen LogP contribution is 2.21. The van der Waals surface area contributed by atoms with Crippen molar-refractivity contribution >= 4 is 21.7 Å². The highest BCUT2D eigenvalue weighted by atomic mass is 79.9. The van der Waals surface area contributed by atoms with Gasteiger partial charge in [-0.1, -0.05) is 35.8 Å². The van der Waals surface area contributed by atoms with Gasteiger partial charge in [-0.3, -0.25) is 0 Å². The van der Waals surface area contributed by atoms with Crippen LogP contribution in [-0.2, 0) is 5.33 Å². The SMILES string of the molecule is CCC(CC)N(C)c1ncc(CBr)cc1C. The highest BCUT2D eigenvalue weighted by Gasteiger charge is 2.14. The minimum atomic E-state index is 0.584. The lowest BCUT2D eigenvalue weighted by atomic mass is 10.1. The molecule has 0 saturated heterocycles.